The van der Waals surface area contributed by atoms with Crippen LogP contribution < -0.4 is 18.9 Å². The van der Waals surface area contributed by atoms with Gasteiger partial charge >= 0.3 is 0 Å². The Morgan fingerprint density at radius 3 is 2.00 bits per heavy atom. The summed E-state index contributed by atoms with van der Waals surface area (Å²) in [5.74, 6) is 2.00. The molecule has 34 heavy (non-hydrogen) atoms. The van der Waals surface area contributed by atoms with E-state index < -0.39 is 0 Å². The molecule has 0 aliphatic carbocycles. The zero-order valence-electron chi connectivity index (χ0n) is 20.2. The fourth-order valence-electron chi connectivity index (χ4n) is 3.78. The normalized spacial score (nSPS) is 11.6. The molecular formula is C27H29FO5S. The number of halogens is 1. The minimum absolute atomic E-state index is 0.161. The predicted octanol–water partition coefficient (Wildman–Crippen LogP) is 6.98. The summed E-state index contributed by atoms with van der Waals surface area (Å²) in [7, 11) is 6.36. The van der Waals surface area contributed by atoms with Gasteiger partial charge in [0, 0.05) is 16.4 Å². The van der Waals surface area contributed by atoms with Gasteiger partial charge in [-0.3, -0.25) is 4.79 Å². The maximum Gasteiger partial charge on any atom is 0.219 e. The molecule has 3 aromatic rings. The third kappa shape index (κ3) is 5.30. The monoisotopic (exact) mass is 484 g/mol. The van der Waals surface area contributed by atoms with Crippen molar-refractivity contribution in [2.24, 2.45) is 0 Å². The molecule has 0 amide bonds. The minimum Gasteiger partial charge on any atom is -0.496 e. The Hall–Kier alpha value is -3.19. The van der Waals surface area contributed by atoms with Crippen LogP contribution in [0.3, 0.4) is 0 Å². The van der Waals surface area contributed by atoms with Crippen LogP contribution in [-0.4, -0.2) is 33.6 Å². The van der Waals surface area contributed by atoms with E-state index in [1.165, 1.54) is 36.0 Å². The van der Waals surface area contributed by atoms with E-state index in [0.717, 1.165) is 16.5 Å². The van der Waals surface area contributed by atoms with Crippen LogP contribution in [0, 0.1) is 5.82 Å². The first-order valence-corrected chi connectivity index (χ1v) is 11.6. The van der Waals surface area contributed by atoms with Gasteiger partial charge in [-0.15, -0.1) is 0 Å². The molecule has 0 aromatic heterocycles. The molecule has 0 bridgehead atoms. The van der Waals surface area contributed by atoms with Gasteiger partial charge in [0.15, 0.2) is 0 Å². The van der Waals surface area contributed by atoms with Gasteiger partial charge in [0.25, 0.3) is 0 Å². The van der Waals surface area contributed by atoms with Gasteiger partial charge in [-0.05, 0) is 62.7 Å². The average molecular weight is 485 g/mol. The molecule has 0 saturated carbocycles. The molecule has 1 atom stereocenters. The molecule has 0 N–H and O–H groups in total. The fraction of sp³-hybridized carbons (Fsp3) is 0.296. The van der Waals surface area contributed by atoms with Crippen LogP contribution in [0.4, 0.5) is 4.39 Å². The summed E-state index contributed by atoms with van der Waals surface area (Å²) in [5.41, 5.74) is 2.35. The van der Waals surface area contributed by atoms with Crippen molar-refractivity contribution in [2.75, 3.05) is 28.4 Å². The van der Waals surface area contributed by atoms with Gasteiger partial charge in [-0.25, -0.2) is 4.39 Å². The molecule has 1 unspecified atom stereocenters. The molecular weight excluding hydrogens is 455 g/mol. The van der Waals surface area contributed by atoms with Gasteiger partial charge in [0.1, 0.15) is 28.8 Å². The molecule has 0 aliphatic rings. The van der Waals surface area contributed by atoms with E-state index in [9.17, 15) is 9.18 Å². The number of benzene rings is 3. The highest BCUT2D eigenvalue weighted by molar-refractivity contribution is 8.14. The fourth-order valence-corrected chi connectivity index (χ4v) is 4.81. The summed E-state index contributed by atoms with van der Waals surface area (Å²) < 4.78 is 36.3. The maximum absolute atomic E-state index is 13.4. The lowest BCUT2D eigenvalue weighted by molar-refractivity contribution is 0.108. The Bertz CT molecular complexity index is 1200. The molecule has 0 aliphatic heterocycles. The standard InChI is InChI=1S/C27H29FO5S/c1-16(2)7-14-23(34-27(29)17-8-10-18(28)11-9-17)19-15-22(32-5)24-20(30-3)12-13-21(31-4)25(24)26(19)33-6/h7-13,15,23H,14H2,1-6H3. The largest absolute Gasteiger partial charge is 0.496 e. The number of allylic oxidation sites excluding steroid dienone is 2. The van der Waals surface area contributed by atoms with E-state index in [1.54, 1.807) is 28.4 Å². The SMILES string of the molecule is COc1ccc(OC)c2c(OC)c(C(CC=C(C)C)SC(=O)c3ccc(F)cc3)cc(OC)c12. The van der Waals surface area contributed by atoms with Crippen molar-refractivity contribution in [1.82, 2.24) is 0 Å². The minimum atomic E-state index is -0.385. The van der Waals surface area contributed by atoms with Crippen molar-refractivity contribution in [2.45, 2.75) is 25.5 Å². The number of ether oxygens (including phenoxy) is 4. The Kier molecular flexibility index (Phi) is 8.45. The number of carbonyl (C=O) groups excluding carboxylic acids is 1. The summed E-state index contributed by atoms with van der Waals surface area (Å²) in [6.45, 7) is 4.02. The summed E-state index contributed by atoms with van der Waals surface area (Å²) in [6.07, 6.45) is 2.66. The number of rotatable bonds is 9. The van der Waals surface area contributed by atoms with E-state index >= 15 is 0 Å². The highest BCUT2D eigenvalue weighted by Crippen LogP contribution is 2.50. The second-order valence-corrected chi connectivity index (χ2v) is 9.01. The van der Waals surface area contributed by atoms with Gasteiger partial charge in [0.05, 0.1) is 39.2 Å². The zero-order valence-corrected chi connectivity index (χ0v) is 21.0. The van der Waals surface area contributed by atoms with Crippen molar-refractivity contribution in [1.29, 1.82) is 0 Å². The van der Waals surface area contributed by atoms with Crippen LogP contribution in [0.25, 0.3) is 10.8 Å². The average Bonchev–Trinajstić information content (AvgIpc) is 2.84. The number of methoxy groups -OCH3 is 4. The molecule has 0 spiro atoms. The van der Waals surface area contributed by atoms with Gasteiger partial charge < -0.3 is 18.9 Å². The zero-order chi connectivity index (χ0) is 24.8. The maximum atomic E-state index is 13.4. The second-order valence-electron chi connectivity index (χ2n) is 7.84. The predicted molar refractivity (Wildman–Crippen MR) is 135 cm³/mol. The summed E-state index contributed by atoms with van der Waals surface area (Å²) in [6, 6.07) is 11.1. The van der Waals surface area contributed by atoms with Crippen LogP contribution in [0.1, 0.15) is 41.4 Å². The van der Waals surface area contributed by atoms with Crippen molar-refractivity contribution < 1.29 is 28.1 Å². The molecule has 3 aromatic carbocycles. The van der Waals surface area contributed by atoms with Crippen LogP contribution in [0.15, 0.2) is 54.1 Å². The molecule has 180 valence electrons. The summed E-state index contributed by atoms with van der Waals surface area (Å²) >= 11 is 1.17. The first-order chi connectivity index (χ1) is 16.3. The third-order valence-corrected chi connectivity index (χ3v) is 6.61. The first kappa shape index (κ1) is 25.4. The lowest BCUT2D eigenvalue weighted by atomic mass is 9.98. The molecule has 3 rings (SSSR count). The molecule has 7 heteroatoms. The molecule has 0 heterocycles. The van der Waals surface area contributed by atoms with Crippen LogP contribution in [-0.2, 0) is 0 Å². The smallest absolute Gasteiger partial charge is 0.219 e. The molecule has 5 nitrogen and oxygen atoms in total. The number of fused-ring (bicyclic) bond motifs is 1. The highest BCUT2D eigenvalue weighted by Gasteiger charge is 2.27. The second kappa shape index (κ2) is 11.3. The van der Waals surface area contributed by atoms with E-state index in [1.807, 2.05) is 32.0 Å². The number of hydrogen-bond acceptors (Lipinski definition) is 6. The topological polar surface area (TPSA) is 54.0 Å². The van der Waals surface area contributed by atoms with E-state index in [4.69, 9.17) is 18.9 Å². The van der Waals surface area contributed by atoms with Crippen LogP contribution in [0.5, 0.6) is 23.0 Å². The van der Waals surface area contributed by atoms with Crippen LogP contribution in [0.2, 0.25) is 0 Å². The van der Waals surface area contributed by atoms with Gasteiger partial charge in [-0.1, -0.05) is 23.4 Å². The van der Waals surface area contributed by atoms with Gasteiger partial charge in [-0.2, -0.15) is 0 Å². The van der Waals surface area contributed by atoms with Crippen molar-refractivity contribution in [3.63, 3.8) is 0 Å². The quantitative estimate of drug-likeness (QED) is 0.305. The number of carbonyl (C=O) groups is 1. The molecule has 0 saturated heterocycles. The van der Waals surface area contributed by atoms with E-state index in [-0.39, 0.29) is 16.2 Å². The van der Waals surface area contributed by atoms with Crippen molar-refractivity contribution in [3.8, 4) is 23.0 Å². The molecule has 0 fully saturated rings. The summed E-state index contributed by atoms with van der Waals surface area (Å²) in [5, 5.41) is 0.971. The lowest BCUT2D eigenvalue weighted by Crippen LogP contribution is -2.05. The van der Waals surface area contributed by atoms with Crippen molar-refractivity contribution in [3.05, 3.63) is 71.1 Å². The molecule has 0 radical (unpaired) electrons. The van der Waals surface area contributed by atoms with E-state index in [0.29, 0.717) is 40.4 Å². The van der Waals surface area contributed by atoms with E-state index in [2.05, 4.69) is 6.08 Å². The van der Waals surface area contributed by atoms with Crippen LogP contribution >= 0.6 is 11.8 Å². The highest BCUT2D eigenvalue weighted by atomic mass is 32.2. The van der Waals surface area contributed by atoms with Crippen molar-refractivity contribution >= 4 is 27.6 Å². The third-order valence-electron chi connectivity index (χ3n) is 5.43. The summed E-state index contributed by atoms with van der Waals surface area (Å²) in [4.78, 5) is 13.1. The Balaban J connectivity index is 2.23. The number of hydrogen-bond donors (Lipinski definition) is 0. The Morgan fingerprint density at radius 1 is 0.882 bits per heavy atom. The Morgan fingerprint density at radius 2 is 1.47 bits per heavy atom. The first-order valence-electron chi connectivity index (χ1n) is 10.7. The van der Waals surface area contributed by atoms with Gasteiger partial charge in [0.2, 0.25) is 5.12 Å². The lowest BCUT2D eigenvalue weighted by Gasteiger charge is -2.23. The Labute approximate surface area is 203 Å². The number of thioether (sulfide) groups is 1.